The number of hydrogen-bond donors (Lipinski definition) is 2. The van der Waals surface area contributed by atoms with E-state index in [4.69, 9.17) is 23.2 Å². The number of hydrazone groups is 2. The van der Waals surface area contributed by atoms with Crippen LogP contribution in [0.1, 0.15) is 12.5 Å². The van der Waals surface area contributed by atoms with E-state index in [0.717, 1.165) is 0 Å². The fourth-order valence-electron chi connectivity index (χ4n) is 1.50. The predicted octanol–water partition coefficient (Wildman–Crippen LogP) is 1.57. The average Bonchev–Trinajstić information content (AvgIpc) is 2.72. The molecule has 1 unspecified atom stereocenters. The summed E-state index contributed by atoms with van der Waals surface area (Å²) in [4.78, 5) is 22.9. The largest absolute Gasteiger partial charge is 0.288 e. The zero-order valence-corrected chi connectivity index (χ0v) is 11.9. The number of nitrogens with one attached hydrogen (secondary N) is 2. The molecule has 8 heteroatoms. The van der Waals surface area contributed by atoms with Crippen LogP contribution in [-0.2, 0) is 9.59 Å². The second-order valence-electron chi connectivity index (χ2n) is 4.06. The molecular weight excluding hydrogens is 303 g/mol. The van der Waals surface area contributed by atoms with Crippen LogP contribution in [0.15, 0.2) is 28.4 Å². The molecule has 0 radical (unpaired) electrons. The summed E-state index contributed by atoms with van der Waals surface area (Å²) < 4.78 is 0. The Morgan fingerprint density at radius 1 is 1.50 bits per heavy atom. The Hall–Kier alpha value is -1.92. The maximum absolute atomic E-state index is 11.7. The summed E-state index contributed by atoms with van der Waals surface area (Å²) in [6, 6.07) is 4.89. The third-order valence-electron chi connectivity index (χ3n) is 2.65. The Labute approximate surface area is 124 Å². The highest BCUT2D eigenvalue weighted by atomic mass is 35.5. The van der Waals surface area contributed by atoms with E-state index in [0.29, 0.717) is 15.6 Å². The topological polar surface area (TPSA) is 82.9 Å². The number of nitrogens with zero attached hydrogens (tertiary/aromatic N) is 2. The number of hydrogen-bond acceptors (Lipinski definition) is 4. The monoisotopic (exact) mass is 312 g/mol. The third kappa shape index (κ3) is 3.15. The molecule has 6 nitrogen and oxygen atoms in total. The molecular formula is C12H10Cl2N4O2. The normalized spacial score (nSPS) is 18.1. The summed E-state index contributed by atoms with van der Waals surface area (Å²) in [7, 11) is 0. The number of rotatable bonds is 3. The highest BCUT2D eigenvalue weighted by molar-refractivity contribution is 6.44. The first kappa shape index (κ1) is 14.5. The third-order valence-corrected chi connectivity index (χ3v) is 3.22. The summed E-state index contributed by atoms with van der Waals surface area (Å²) in [5.41, 5.74) is 5.20. The first-order valence-corrected chi connectivity index (χ1v) is 6.40. The SMILES string of the molecule is CC1C(=O)NN=C1C(=O)N/N=C\c1ccc(Cl)cc1Cl. The highest BCUT2D eigenvalue weighted by Gasteiger charge is 2.30. The molecule has 1 aromatic rings. The van der Waals surface area contributed by atoms with Crippen LogP contribution in [0, 0.1) is 5.92 Å². The standard InChI is InChI=1S/C12H10Cl2N4O2/c1-6-10(16-18-11(6)19)12(20)17-15-5-7-2-3-8(13)4-9(7)14/h2-6H,1H3,(H,17,20)(H,18,19)/b15-5-. The highest BCUT2D eigenvalue weighted by Crippen LogP contribution is 2.19. The first-order chi connectivity index (χ1) is 9.49. The van der Waals surface area contributed by atoms with Gasteiger partial charge in [0.25, 0.3) is 5.91 Å². The molecule has 1 aliphatic rings. The predicted molar refractivity (Wildman–Crippen MR) is 76.9 cm³/mol. The van der Waals surface area contributed by atoms with Gasteiger partial charge < -0.3 is 0 Å². The van der Waals surface area contributed by atoms with Crippen LogP contribution in [0.4, 0.5) is 0 Å². The Morgan fingerprint density at radius 3 is 2.85 bits per heavy atom. The summed E-state index contributed by atoms with van der Waals surface area (Å²) in [5, 5.41) is 8.33. The van der Waals surface area contributed by atoms with Crippen molar-refractivity contribution in [2.24, 2.45) is 16.1 Å². The van der Waals surface area contributed by atoms with Crippen LogP contribution < -0.4 is 10.9 Å². The van der Waals surface area contributed by atoms with E-state index >= 15 is 0 Å². The van der Waals surface area contributed by atoms with E-state index in [1.807, 2.05) is 0 Å². The molecule has 0 aromatic heterocycles. The van der Waals surface area contributed by atoms with Crippen LogP contribution >= 0.6 is 23.2 Å². The van der Waals surface area contributed by atoms with Crippen LogP contribution in [0.3, 0.4) is 0 Å². The molecule has 2 rings (SSSR count). The lowest BCUT2D eigenvalue weighted by atomic mass is 10.1. The lowest BCUT2D eigenvalue weighted by molar-refractivity contribution is -0.122. The van der Waals surface area contributed by atoms with Gasteiger partial charge in [0.2, 0.25) is 5.91 Å². The molecule has 104 valence electrons. The molecule has 0 fully saturated rings. The Balaban J connectivity index is 2.00. The van der Waals surface area contributed by atoms with E-state index in [2.05, 4.69) is 21.1 Å². The lowest BCUT2D eigenvalue weighted by Crippen LogP contribution is -2.32. The minimum absolute atomic E-state index is 0.0920. The molecule has 20 heavy (non-hydrogen) atoms. The minimum Gasteiger partial charge on any atom is -0.272 e. The molecule has 2 N–H and O–H groups in total. The summed E-state index contributed by atoms with van der Waals surface area (Å²) in [5.74, 6) is -1.46. The molecule has 0 saturated carbocycles. The van der Waals surface area contributed by atoms with E-state index in [1.165, 1.54) is 6.21 Å². The molecule has 0 saturated heterocycles. The molecule has 0 bridgehead atoms. The summed E-state index contributed by atoms with van der Waals surface area (Å²) >= 11 is 11.7. The van der Waals surface area contributed by atoms with Crippen molar-refractivity contribution in [3.8, 4) is 0 Å². The summed E-state index contributed by atoms with van der Waals surface area (Å²) in [6.07, 6.45) is 1.38. The Morgan fingerprint density at radius 2 is 2.25 bits per heavy atom. The number of benzene rings is 1. The molecule has 0 aliphatic carbocycles. The number of amides is 2. The zero-order chi connectivity index (χ0) is 14.7. The van der Waals surface area contributed by atoms with E-state index < -0.39 is 11.8 Å². The van der Waals surface area contributed by atoms with E-state index in [9.17, 15) is 9.59 Å². The van der Waals surface area contributed by atoms with Gasteiger partial charge in [-0.15, -0.1) is 0 Å². The number of carbonyl (C=O) groups excluding carboxylic acids is 2. The van der Waals surface area contributed by atoms with Gasteiger partial charge in [-0.05, 0) is 19.1 Å². The van der Waals surface area contributed by atoms with Crippen molar-refractivity contribution in [1.82, 2.24) is 10.9 Å². The quantitative estimate of drug-likeness (QED) is 0.656. The van der Waals surface area contributed by atoms with Gasteiger partial charge >= 0.3 is 0 Å². The van der Waals surface area contributed by atoms with Gasteiger partial charge in [0.15, 0.2) is 0 Å². The first-order valence-electron chi connectivity index (χ1n) is 5.65. The van der Waals surface area contributed by atoms with Gasteiger partial charge in [-0.25, -0.2) is 10.9 Å². The lowest BCUT2D eigenvalue weighted by Gasteiger charge is -2.02. The van der Waals surface area contributed by atoms with Crippen LogP contribution in [0.5, 0.6) is 0 Å². The van der Waals surface area contributed by atoms with Gasteiger partial charge in [-0.3, -0.25) is 9.59 Å². The Kier molecular flexibility index (Phi) is 4.36. The maximum atomic E-state index is 11.7. The van der Waals surface area contributed by atoms with Crippen LogP contribution in [0.2, 0.25) is 10.0 Å². The fraction of sp³-hybridized carbons (Fsp3) is 0.167. The fourth-order valence-corrected chi connectivity index (χ4v) is 1.96. The molecule has 2 amide bonds. The second-order valence-corrected chi connectivity index (χ2v) is 4.90. The molecule has 1 aliphatic heterocycles. The van der Waals surface area contributed by atoms with Gasteiger partial charge in [-0.2, -0.15) is 10.2 Å². The maximum Gasteiger partial charge on any atom is 0.288 e. The number of halogens is 2. The molecule has 1 heterocycles. The Bertz CT molecular complexity index is 628. The average molecular weight is 313 g/mol. The minimum atomic E-state index is -0.593. The molecule has 1 aromatic carbocycles. The van der Waals surface area contributed by atoms with E-state index in [-0.39, 0.29) is 11.6 Å². The van der Waals surface area contributed by atoms with Crippen molar-refractivity contribution < 1.29 is 9.59 Å². The van der Waals surface area contributed by atoms with Gasteiger partial charge in [0.05, 0.1) is 17.2 Å². The van der Waals surface area contributed by atoms with Gasteiger partial charge in [-0.1, -0.05) is 29.3 Å². The van der Waals surface area contributed by atoms with Crippen molar-refractivity contribution in [1.29, 1.82) is 0 Å². The number of carbonyl (C=O) groups is 2. The van der Waals surface area contributed by atoms with Gasteiger partial charge in [0.1, 0.15) is 5.71 Å². The van der Waals surface area contributed by atoms with Gasteiger partial charge in [0, 0.05) is 10.6 Å². The van der Waals surface area contributed by atoms with Crippen molar-refractivity contribution in [3.63, 3.8) is 0 Å². The zero-order valence-electron chi connectivity index (χ0n) is 10.4. The van der Waals surface area contributed by atoms with Crippen LogP contribution in [0.25, 0.3) is 0 Å². The van der Waals surface area contributed by atoms with Crippen molar-refractivity contribution in [2.75, 3.05) is 0 Å². The van der Waals surface area contributed by atoms with Crippen molar-refractivity contribution in [3.05, 3.63) is 33.8 Å². The molecule has 0 spiro atoms. The van der Waals surface area contributed by atoms with E-state index in [1.54, 1.807) is 25.1 Å². The van der Waals surface area contributed by atoms with Crippen molar-refractivity contribution >= 4 is 46.9 Å². The van der Waals surface area contributed by atoms with Crippen molar-refractivity contribution in [2.45, 2.75) is 6.92 Å². The molecule has 1 atom stereocenters. The van der Waals surface area contributed by atoms with Crippen LogP contribution in [-0.4, -0.2) is 23.7 Å². The smallest absolute Gasteiger partial charge is 0.272 e. The second kappa shape index (κ2) is 6.02. The summed E-state index contributed by atoms with van der Waals surface area (Å²) in [6.45, 7) is 1.58.